The number of aromatic nitrogens is 2. The van der Waals surface area contributed by atoms with Crippen LogP contribution >= 0.6 is 11.6 Å². The van der Waals surface area contributed by atoms with Gasteiger partial charge in [0.15, 0.2) is 0 Å². The quantitative estimate of drug-likeness (QED) is 0.454. The van der Waals surface area contributed by atoms with E-state index in [9.17, 15) is 9.59 Å². The first-order valence-electron chi connectivity index (χ1n) is 13.4. The van der Waals surface area contributed by atoms with Gasteiger partial charge in [-0.25, -0.2) is 9.97 Å². The van der Waals surface area contributed by atoms with Gasteiger partial charge in [-0.1, -0.05) is 48.0 Å². The fourth-order valence-electron chi connectivity index (χ4n) is 5.49. The van der Waals surface area contributed by atoms with Crippen molar-refractivity contribution in [2.75, 3.05) is 37.6 Å². The van der Waals surface area contributed by atoms with Crippen LogP contribution < -0.4 is 4.90 Å². The molecule has 38 heavy (non-hydrogen) atoms. The summed E-state index contributed by atoms with van der Waals surface area (Å²) in [5.41, 5.74) is 5.01. The monoisotopic (exact) mass is 531 g/mol. The van der Waals surface area contributed by atoms with Crippen molar-refractivity contribution < 1.29 is 9.59 Å². The fourth-order valence-corrected chi connectivity index (χ4v) is 5.62. The number of rotatable bonds is 6. The second kappa shape index (κ2) is 11.5. The van der Waals surface area contributed by atoms with Crippen LogP contribution in [0.15, 0.2) is 54.7 Å². The van der Waals surface area contributed by atoms with Crippen LogP contribution in [0.3, 0.4) is 0 Å². The number of halogens is 1. The molecule has 0 aliphatic carbocycles. The Labute approximate surface area is 229 Å². The third-order valence-electron chi connectivity index (χ3n) is 7.75. The summed E-state index contributed by atoms with van der Waals surface area (Å²) in [6.07, 6.45) is 5.23. The van der Waals surface area contributed by atoms with E-state index in [-0.39, 0.29) is 17.9 Å². The Morgan fingerprint density at radius 1 is 0.947 bits per heavy atom. The Morgan fingerprint density at radius 2 is 1.66 bits per heavy atom. The highest BCUT2D eigenvalue weighted by Gasteiger charge is 2.30. The fraction of sp³-hybridized carbons (Fsp3) is 0.400. The molecule has 2 saturated heterocycles. The van der Waals surface area contributed by atoms with Crippen molar-refractivity contribution in [2.45, 2.75) is 45.6 Å². The lowest BCUT2D eigenvalue weighted by atomic mass is 10.0. The lowest BCUT2D eigenvalue weighted by Crippen LogP contribution is -2.50. The molecule has 0 saturated carbocycles. The van der Waals surface area contributed by atoms with Crippen molar-refractivity contribution in [1.29, 1.82) is 0 Å². The van der Waals surface area contributed by atoms with Crippen LogP contribution in [-0.2, 0) is 17.6 Å². The number of carbonyl (C=O) groups excluding carboxylic acids is 2. The van der Waals surface area contributed by atoms with E-state index in [0.717, 1.165) is 36.5 Å². The zero-order chi connectivity index (χ0) is 26.6. The average molecular weight is 532 g/mol. The zero-order valence-electron chi connectivity index (χ0n) is 22.1. The Bertz CT molecular complexity index is 1300. The first-order valence-corrected chi connectivity index (χ1v) is 13.8. The topological polar surface area (TPSA) is 69.6 Å². The van der Waals surface area contributed by atoms with Gasteiger partial charge >= 0.3 is 0 Å². The molecule has 7 nitrogen and oxygen atoms in total. The Kier molecular flexibility index (Phi) is 7.93. The molecule has 0 spiro atoms. The van der Waals surface area contributed by atoms with Gasteiger partial charge in [-0.15, -0.1) is 0 Å². The van der Waals surface area contributed by atoms with Crippen molar-refractivity contribution in [2.24, 2.45) is 0 Å². The molecule has 1 aromatic heterocycles. The SMILES string of the molecule is CC(=O)N1CCN(C(=O)c2cnc(N3CCC[C@@H]3c3ccc(Cl)cc3)nc2CCc2ccccc2C)CC1. The number of piperazine rings is 1. The standard InChI is InChI=1S/C30H34ClN5O2/c1-21-6-3-4-7-23(21)11-14-27-26(29(38)35-18-16-34(17-19-35)22(2)37)20-32-30(33-27)36-15-5-8-28(36)24-9-12-25(31)13-10-24/h3-4,6-7,9-10,12-13,20,28H,5,8,11,14-19H2,1-2H3/t28-/m1/s1. The summed E-state index contributed by atoms with van der Waals surface area (Å²) in [5.74, 6) is 0.653. The molecule has 2 fully saturated rings. The molecule has 2 amide bonds. The van der Waals surface area contributed by atoms with E-state index in [1.165, 1.54) is 16.7 Å². The highest BCUT2D eigenvalue weighted by Crippen LogP contribution is 2.35. The number of nitrogens with zero attached hydrogens (tertiary/aromatic N) is 5. The van der Waals surface area contributed by atoms with Crippen LogP contribution in [0.25, 0.3) is 0 Å². The minimum atomic E-state index is -0.0600. The molecule has 3 heterocycles. The maximum Gasteiger partial charge on any atom is 0.257 e. The third-order valence-corrected chi connectivity index (χ3v) is 8.01. The van der Waals surface area contributed by atoms with Gasteiger partial charge in [0, 0.05) is 50.9 Å². The molecule has 8 heteroatoms. The van der Waals surface area contributed by atoms with Crippen molar-refractivity contribution in [3.8, 4) is 0 Å². The predicted octanol–water partition coefficient (Wildman–Crippen LogP) is 4.87. The van der Waals surface area contributed by atoms with Gasteiger partial charge in [0.25, 0.3) is 5.91 Å². The summed E-state index contributed by atoms with van der Waals surface area (Å²) >= 11 is 6.13. The van der Waals surface area contributed by atoms with Crippen LogP contribution in [0.1, 0.15) is 58.5 Å². The van der Waals surface area contributed by atoms with E-state index in [1.807, 2.05) is 23.1 Å². The molecular formula is C30H34ClN5O2. The molecule has 0 N–H and O–H groups in total. The van der Waals surface area contributed by atoms with Gasteiger partial charge < -0.3 is 14.7 Å². The third kappa shape index (κ3) is 5.68. The first kappa shape index (κ1) is 26.2. The van der Waals surface area contributed by atoms with Crippen molar-refractivity contribution in [3.05, 3.63) is 87.7 Å². The molecule has 2 aliphatic heterocycles. The largest absolute Gasteiger partial charge is 0.339 e. The molecular weight excluding hydrogens is 498 g/mol. The van der Waals surface area contributed by atoms with Gasteiger partial charge in [-0.3, -0.25) is 9.59 Å². The Balaban J connectivity index is 1.43. The van der Waals surface area contributed by atoms with Crippen LogP contribution in [0.5, 0.6) is 0 Å². The number of amides is 2. The summed E-state index contributed by atoms with van der Waals surface area (Å²) in [6.45, 7) is 6.69. The highest BCUT2D eigenvalue weighted by atomic mass is 35.5. The van der Waals surface area contributed by atoms with E-state index < -0.39 is 0 Å². The second-order valence-electron chi connectivity index (χ2n) is 10.2. The second-order valence-corrected chi connectivity index (χ2v) is 10.6. The number of carbonyl (C=O) groups is 2. The van der Waals surface area contributed by atoms with Crippen LogP contribution in [0.4, 0.5) is 5.95 Å². The van der Waals surface area contributed by atoms with E-state index in [4.69, 9.17) is 21.6 Å². The molecule has 3 aromatic rings. The molecule has 0 bridgehead atoms. The molecule has 198 valence electrons. The summed E-state index contributed by atoms with van der Waals surface area (Å²) in [4.78, 5) is 41.0. The van der Waals surface area contributed by atoms with Gasteiger partial charge in [-0.05, 0) is 61.4 Å². The van der Waals surface area contributed by atoms with Gasteiger partial charge in [0.05, 0.1) is 17.3 Å². The van der Waals surface area contributed by atoms with E-state index in [1.54, 1.807) is 18.0 Å². The zero-order valence-corrected chi connectivity index (χ0v) is 22.8. The summed E-state index contributed by atoms with van der Waals surface area (Å²) < 4.78 is 0. The molecule has 0 radical (unpaired) electrons. The van der Waals surface area contributed by atoms with Crippen molar-refractivity contribution in [3.63, 3.8) is 0 Å². The lowest BCUT2D eigenvalue weighted by Gasteiger charge is -2.34. The number of hydrogen-bond donors (Lipinski definition) is 0. The van der Waals surface area contributed by atoms with Gasteiger partial charge in [0.1, 0.15) is 0 Å². The number of benzene rings is 2. The molecule has 2 aliphatic rings. The molecule has 5 rings (SSSR count). The van der Waals surface area contributed by atoms with Crippen LogP contribution in [-0.4, -0.2) is 64.3 Å². The van der Waals surface area contributed by atoms with Gasteiger partial charge in [-0.2, -0.15) is 0 Å². The van der Waals surface area contributed by atoms with E-state index in [2.05, 4.69) is 42.2 Å². The summed E-state index contributed by atoms with van der Waals surface area (Å²) in [7, 11) is 0. The first-order chi connectivity index (χ1) is 18.4. The Morgan fingerprint density at radius 3 is 2.37 bits per heavy atom. The molecule has 0 unspecified atom stereocenters. The Hall–Kier alpha value is -3.45. The van der Waals surface area contributed by atoms with Crippen molar-refractivity contribution in [1.82, 2.24) is 19.8 Å². The smallest absolute Gasteiger partial charge is 0.257 e. The lowest BCUT2D eigenvalue weighted by molar-refractivity contribution is -0.130. The van der Waals surface area contributed by atoms with E-state index in [0.29, 0.717) is 44.1 Å². The van der Waals surface area contributed by atoms with Crippen LogP contribution in [0.2, 0.25) is 5.02 Å². The molecule has 1 atom stereocenters. The highest BCUT2D eigenvalue weighted by molar-refractivity contribution is 6.30. The van der Waals surface area contributed by atoms with Crippen molar-refractivity contribution >= 4 is 29.4 Å². The maximum absolute atomic E-state index is 13.6. The molecule has 2 aromatic carbocycles. The van der Waals surface area contributed by atoms with E-state index >= 15 is 0 Å². The maximum atomic E-state index is 13.6. The number of hydrogen-bond acceptors (Lipinski definition) is 5. The average Bonchev–Trinajstić information content (AvgIpc) is 3.43. The minimum Gasteiger partial charge on any atom is -0.339 e. The minimum absolute atomic E-state index is 0.0459. The number of aryl methyl sites for hydroxylation is 3. The normalized spacial score (nSPS) is 17.7. The summed E-state index contributed by atoms with van der Waals surface area (Å²) in [5, 5.41) is 0.722. The predicted molar refractivity (Wildman–Crippen MR) is 150 cm³/mol. The number of anilines is 1. The van der Waals surface area contributed by atoms with Crippen LogP contribution in [0, 0.1) is 6.92 Å². The summed E-state index contributed by atoms with van der Waals surface area (Å²) in [6, 6.07) is 16.5. The van der Waals surface area contributed by atoms with Gasteiger partial charge in [0.2, 0.25) is 11.9 Å².